The molecule has 0 radical (unpaired) electrons. The van der Waals surface area contributed by atoms with E-state index in [1.807, 2.05) is 0 Å². The van der Waals surface area contributed by atoms with E-state index in [0.717, 1.165) is 25.9 Å². The molecule has 1 fully saturated rings. The second-order valence-electron chi connectivity index (χ2n) is 7.71. The number of carbonyl (C=O) groups is 1. The number of benzene rings is 1. The maximum absolute atomic E-state index is 13.0. The van der Waals surface area contributed by atoms with E-state index in [1.165, 1.54) is 30.8 Å². The molecule has 3 aromatic rings. The lowest BCUT2D eigenvalue weighted by Crippen LogP contribution is -2.28. The van der Waals surface area contributed by atoms with Gasteiger partial charge in [0.25, 0.3) is 5.91 Å². The monoisotopic (exact) mass is 533 g/mol. The van der Waals surface area contributed by atoms with Gasteiger partial charge in [-0.15, -0.1) is 5.10 Å². The Morgan fingerprint density at radius 3 is 2.76 bits per heavy atom. The molecule has 0 atom stereocenters. The molecule has 1 saturated heterocycles. The number of rotatable bonds is 7. The third kappa shape index (κ3) is 5.17. The molecular weight excluding hydrogens is 510 g/mol. The first-order chi connectivity index (χ1) is 16.5. The molecule has 0 saturated carbocycles. The predicted octanol–water partition coefficient (Wildman–Crippen LogP) is 1.85. The number of hydrazone groups is 1. The van der Waals surface area contributed by atoms with E-state index in [2.05, 4.69) is 52.0 Å². The fraction of sp³-hybridized carbons (Fsp3) is 0.400. The molecule has 1 aromatic carbocycles. The van der Waals surface area contributed by atoms with E-state index >= 15 is 0 Å². The first kappa shape index (κ1) is 23.6. The van der Waals surface area contributed by atoms with E-state index in [4.69, 9.17) is 15.1 Å². The smallest absolute Gasteiger partial charge is 0.293 e. The van der Waals surface area contributed by atoms with Gasteiger partial charge in [0.15, 0.2) is 17.2 Å². The zero-order chi connectivity index (χ0) is 24.1. The Morgan fingerprint density at radius 1 is 1.32 bits per heavy atom. The first-order valence-electron chi connectivity index (χ1n) is 10.6. The van der Waals surface area contributed by atoms with Crippen LogP contribution in [0.1, 0.15) is 47.4 Å². The predicted molar refractivity (Wildman–Crippen MR) is 125 cm³/mol. The molecule has 1 aliphatic rings. The highest BCUT2D eigenvalue weighted by Gasteiger charge is 2.25. The number of aromatic hydroxyl groups is 1. The largest absolute Gasteiger partial charge is 0.503 e. The number of methoxy groups -OCH3 is 1. The number of anilines is 1. The Labute approximate surface area is 203 Å². The molecule has 1 amide bonds. The molecule has 14 heteroatoms. The quantitative estimate of drug-likeness (QED) is 0.300. The number of hydrogen-bond donors (Lipinski definition) is 3. The summed E-state index contributed by atoms with van der Waals surface area (Å²) >= 11 is 3.25. The van der Waals surface area contributed by atoms with Crippen LogP contribution in [0.4, 0.5) is 5.82 Å². The lowest BCUT2D eigenvalue weighted by Gasteiger charge is -2.20. The number of halogens is 1. The van der Waals surface area contributed by atoms with Crippen LogP contribution >= 0.6 is 15.9 Å². The molecule has 180 valence electrons. The molecule has 13 nitrogen and oxygen atoms in total. The fourth-order valence-electron chi connectivity index (χ4n) is 3.68. The van der Waals surface area contributed by atoms with Gasteiger partial charge >= 0.3 is 0 Å². The zero-order valence-electron chi connectivity index (χ0n) is 18.4. The lowest BCUT2D eigenvalue weighted by molar-refractivity contribution is 0.0947. The van der Waals surface area contributed by atoms with Gasteiger partial charge in [-0.05, 0) is 69.9 Å². The number of nitrogens with two attached hydrogens (primary N) is 1. The summed E-state index contributed by atoms with van der Waals surface area (Å²) in [5, 5.41) is 29.5. The highest BCUT2D eigenvalue weighted by molar-refractivity contribution is 9.10. The number of nitrogen functional groups attached to an aromatic ring is 1. The number of nitrogens with one attached hydrogen (secondary N) is 1. The zero-order valence-corrected chi connectivity index (χ0v) is 20.0. The van der Waals surface area contributed by atoms with E-state index in [-0.39, 0.29) is 28.8 Å². The van der Waals surface area contributed by atoms with Gasteiger partial charge in [-0.25, -0.2) is 10.1 Å². The molecular formula is C20H24BrN9O4. The van der Waals surface area contributed by atoms with Crippen molar-refractivity contribution in [2.24, 2.45) is 5.10 Å². The maximum atomic E-state index is 13.0. The van der Waals surface area contributed by atoms with Gasteiger partial charge in [0.1, 0.15) is 0 Å². The Morgan fingerprint density at radius 2 is 2.09 bits per heavy atom. The fourth-order valence-corrected chi connectivity index (χ4v) is 4.14. The highest BCUT2D eigenvalue weighted by Crippen LogP contribution is 2.34. The summed E-state index contributed by atoms with van der Waals surface area (Å²) in [5.74, 6) is -0.101. The van der Waals surface area contributed by atoms with Gasteiger partial charge in [-0.1, -0.05) is 18.1 Å². The second-order valence-corrected chi connectivity index (χ2v) is 8.57. The van der Waals surface area contributed by atoms with Crippen LogP contribution in [0.3, 0.4) is 0 Å². The van der Waals surface area contributed by atoms with E-state index < -0.39 is 5.91 Å². The standard InChI is InChI=1S/C20H24BrN9O4/c1-33-15-9-12(8-13(21)17(15)31)10-23-25-20(32)16-14(11-29-6-4-2-3-5-7-29)30(28-24-16)19-18(22)26-34-27-19/h8-10,31H,2-7,11H2,1H3,(H2,22,26)(H,25,32). The number of phenolic OH excluding ortho intramolecular Hbond substituents is 1. The minimum absolute atomic E-state index is 0.0277. The first-order valence-corrected chi connectivity index (χ1v) is 11.4. The van der Waals surface area contributed by atoms with Crippen molar-refractivity contribution in [3.05, 3.63) is 33.6 Å². The average Bonchev–Trinajstić information content (AvgIpc) is 3.33. The van der Waals surface area contributed by atoms with Gasteiger partial charge in [-0.3, -0.25) is 9.69 Å². The maximum Gasteiger partial charge on any atom is 0.293 e. The molecule has 1 aliphatic heterocycles. The Kier molecular flexibility index (Phi) is 7.37. The van der Waals surface area contributed by atoms with Crippen molar-refractivity contribution >= 4 is 33.9 Å². The number of phenols is 1. The van der Waals surface area contributed by atoms with Gasteiger partial charge in [0, 0.05) is 6.54 Å². The molecule has 4 rings (SSSR count). The van der Waals surface area contributed by atoms with Crippen molar-refractivity contribution in [3.63, 3.8) is 0 Å². The van der Waals surface area contributed by atoms with E-state index in [0.29, 0.717) is 22.3 Å². The van der Waals surface area contributed by atoms with Crippen molar-refractivity contribution in [1.82, 2.24) is 35.6 Å². The molecule has 4 N–H and O–H groups in total. The number of aromatic nitrogens is 5. The SMILES string of the molecule is COc1cc(C=NNC(=O)c2nnn(-c3nonc3N)c2CN2CCCCCC2)cc(Br)c1O. The third-order valence-corrected chi connectivity index (χ3v) is 6.00. The van der Waals surface area contributed by atoms with Gasteiger partial charge < -0.3 is 15.6 Å². The summed E-state index contributed by atoms with van der Waals surface area (Å²) in [6.07, 6.45) is 5.92. The van der Waals surface area contributed by atoms with Crippen molar-refractivity contribution in [1.29, 1.82) is 0 Å². The summed E-state index contributed by atoms with van der Waals surface area (Å²) in [6, 6.07) is 3.21. The molecule has 34 heavy (non-hydrogen) atoms. The van der Waals surface area contributed by atoms with Crippen LogP contribution in [0.15, 0.2) is 26.3 Å². The van der Waals surface area contributed by atoms with E-state index in [9.17, 15) is 9.90 Å². The minimum Gasteiger partial charge on any atom is -0.503 e. The Balaban J connectivity index is 1.57. The normalized spacial score (nSPS) is 14.9. The van der Waals surface area contributed by atoms with Crippen molar-refractivity contribution in [2.45, 2.75) is 32.2 Å². The van der Waals surface area contributed by atoms with Crippen LogP contribution in [-0.2, 0) is 6.54 Å². The van der Waals surface area contributed by atoms with Gasteiger partial charge in [0.2, 0.25) is 11.6 Å². The number of ether oxygens (including phenoxy) is 1. The Bertz CT molecular complexity index is 1180. The van der Waals surface area contributed by atoms with Gasteiger partial charge in [0.05, 0.1) is 23.5 Å². The number of likely N-dealkylation sites (tertiary alicyclic amines) is 1. The minimum atomic E-state index is -0.549. The van der Waals surface area contributed by atoms with Crippen LogP contribution in [0.25, 0.3) is 5.82 Å². The van der Waals surface area contributed by atoms with Gasteiger partial charge in [-0.2, -0.15) is 9.78 Å². The molecule has 0 aliphatic carbocycles. The van der Waals surface area contributed by atoms with Crippen molar-refractivity contribution in [3.8, 4) is 17.3 Å². The molecule has 2 aromatic heterocycles. The van der Waals surface area contributed by atoms with Crippen LogP contribution in [0, 0.1) is 0 Å². The van der Waals surface area contributed by atoms with Crippen LogP contribution in [0.5, 0.6) is 11.5 Å². The summed E-state index contributed by atoms with van der Waals surface area (Å²) in [5.41, 5.74) is 9.51. The molecule has 3 heterocycles. The summed E-state index contributed by atoms with van der Waals surface area (Å²) in [7, 11) is 1.44. The third-order valence-electron chi connectivity index (χ3n) is 5.40. The van der Waals surface area contributed by atoms with Crippen LogP contribution in [0.2, 0.25) is 0 Å². The van der Waals surface area contributed by atoms with E-state index in [1.54, 1.807) is 12.1 Å². The highest BCUT2D eigenvalue weighted by atomic mass is 79.9. The number of carbonyl (C=O) groups excluding carboxylic acids is 1. The summed E-state index contributed by atoms with van der Waals surface area (Å²) in [6.45, 7) is 2.22. The average molecular weight is 534 g/mol. The van der Waals surface area contributed by atoms with Crippen molar-refractivity contribution < 1.29 is 19.3 Å². The number of nitrogens with zero attached hydrogens (tertiary/aromatic N) is 7. The van der Waals surface area contributed by atoms with Crippen molar-refractivity contribution in [2.75, 3.05) is 25.9 Å². The lowest BCUT2D eigenvalue weighted by atomic mass is 10.2. The second kappa shape index (κ2) is 10.6. The summed E-state index contributed by atoms with van der Waals surface area (Å²) < 4.78 is 11.6. The summed E-state index contributed by atoms with van der Waals surface area (Å²) in [4.78, 5) is 15.2. The molecule has 0 bridgehead atoms. The molecule has 0 unspecified atom stereocenters. The number of amides is 1. The van der Waals surface area contributed by atoms with Crippen LogP contribution < -0.4 is 15.9 Å². The van der Waals surface area contributed by atoms with Crippen LogP contribution in [-0.4, -0.2) is 67.6 Å². The number of hydrogen-bond acceptors (Lipinski definition) is 11. The Hall–Kier alpha value is -3.52. The topological polar surface area (TPSA) is 170 Å². The molecule has 0 spiro atoms.